The Kier molecular flexibility index (Phi) is 3.95. The van der Waals surface area contributed by atoms with Crippen LogP contribution in [0.3, 0.4) is 0 Å². The molecule has 0 bridgehead atoms. The molecule has 1 atom stereocenters. The standard InChI is InChI=1S/C10H15N5O4/c11-9(12)8-10(14-19-13-8)18-5-6-2-1-3-15(6)7(17)4-16/h6,16H,1-5H2,(H3,11,12)/t6-/m1/s1. The van der Waals surface area contributed by atoms with Crippen LogP contribution < -0.4 is 10.5 Å². The summed E-state index contributed by atoms with van der Waals surface area (Å²) in [6, 6.07) is -0.129. The number of aromatic nitrogens is 2. The fraction of sp³-hybridized carbons (Fsp3) is 0.600. The predicted octanol–water partition coefficient (Wildman–Crippen LogP) is -1.28. The van der Waals surface area contributed by atoms with E-state index in [1.807, 2.05) is 0 Å². The van der Waals surface area contributed by atoms with Gasteiger partial charge in [-0.25, -0.2) is 4.63 Å². The van der Waals surface area contributed by atoms with Crippen LogP contribution in [0.1, 0.15) is 18.5 Å². The number of aliphatic hydroxyl groups excluding tert-OH is 1. The molecule has 0 saturated carbocycles. The van der Waals surface area contributed by atoms with Gasteiger partial charge in [-0.05, 0) is 23.2 Å². The van der Waals surface area contributed by atoms with E-state index < -0.39 is 6.61 Å². The summed E-state index contributed by atoms with van der Waals surface area (Å²) in [5.74, 6) is -0.585. The van der Waals surface area contributed by atoms with Crippen molar-refractivity contribution < 1.29 is 19.3 Å². The number of nitrogen functional groups attached to an aromatic ring is 1. The smallest absolute Gasteiger partial charge is 0.287 e. The fourth-order valence-electron chi connectivity index (χ4n) is 2.04. The van der Waals surface area contributed by atoms with Crippen molar-refractivity contribution in [1.29, 1.82) is 5.41 Å². The maximum Gasteiger partial charge on any atom is 0.287 e. The maximum atomic E-state index is 11.5. The van der Waals surface area contributed by atoms with Gasteiger partial charge in [0.2, 0.25) is 11.6 Å². The van der Waals surface area contributed by atoms with Crippen molar-refractivity contribution >= 4 is 11.7 Å². The van der Waals surface area contributed by atoms with Gasteiger partial charge in [0.05, 0.1) is 6.04 Å². The molecule has 104 valence electrons. The van der Waals surface area contributed by atoms with Crippen LogP contribution in [0.2, 0.25) is 0 Å². The highest BCUT2D eigenvalue weighted by atomic mass is 16.6. The molecule has 1 aliphatic heterocycles. The molecule has 0 unspecified atom stereocenters. The molecule has 2 heterocycles. The van der Waals surface area contributed by atoms with Crippen LogP contribution in [-0.2, 0) is 4.79 Å². The molecule has 4 N–H and O–H groups in total. The van der Waals surface area contributed by atoms with Crippen molar-refractivity contribution in [2.75, 3.05) is 19.8 Å². The molecule has 0 aromatic carbocycles. The van der Waals surface area contributed by atoms with E-state index in [4.69, 9.17) is 21.0 Å². The van der Waals surface area contributed by atoms with Crippen molar-refractivity contribution in [3.63, 3.8) is 0 Å². The Morgan fingerprint density at radius 2 is 2.42 bits per heavy atom. The highest BCUT2D eigenvalue weighted by molar-refractivity contribution is 5.94. The molecule has 1 aliphatic rings. The molecule has 0 aliphatic carbocycles. The third kappa shape index (κ3) is 2.81. The first-order valence-corrected chi connectivity index (χ1v) is 5.83. The van der Waals surface area contributed by atoms with Gasteiger partial charge in [0.1, 0.15) is 13.2 Å². The lowest BCUT2D eigenvalue weighted by Crippen LogP contribution is -2.40. The van der Waals surface area contributed by atoms with Crippen molar-refractivity contribution in [1.82, 2.24) is 15.2 Å². The van der Waals surface area contributed by atoms with Crippen LogP contribution >= 0.6 is 0 Å². The molecule has 1 amide bonds. The third-order valence-corrected chi connectivity index (χ3v) is 2.96. The van der Waals surface area contributed by atoms with Crippen LogP contribution in [0.5, 0.6) is 5.88 Å². The van der Waals surface area contributed by atoms with Crippen molar-refractivity contribution in [2.24, 2.45) is 5.73 Å². The predicted molar refractivity (Wildman–Crippen MR) is 62.6 cm³/mol. The van der Waals surface area contributed by atoms with Gasteiger partial charge in [-0.2, -0.15) is 0 Å². The average molecular weight is 269 g/mol. The van der Waals surface area contributed by atoms with Crippen molar-refractivity contribution in [2.45, 2.75) is 18.9 Å². The zero-order chi connectivity index (χ0) is 13.8. The quantitative estimate of drug-likeness (QED) is 0.446. The lowest BCUT2D eigenvalue weighted by molar-refractivity contribution is -0.135. The summed E-state index contributed by atoms with van der Waals surface area (Å²) in [5.41, 5.74) is 5.32. The number of hydrogen-bond acceptors (Lipinski definition) is 7. The van der Waals surface area contributed by atoms with E-state index in [1.54, 1.807) is 4.90 Å². The molecular formula is C10H15N5O4. The Balaban J connectivity index is 1.96. The second-order valence-corrected chi connectivity index (χ2v) is 4.18. The van der Waals surface area contributed by atoms with Crippen molar-refractivity contribution in [3.05, 3.63) is 5.69 Å². The van der Waals surface area contributed by atoms with E-state index in [0.29, 0.717) is 6.54 Å². The zero-order valence-electron chi connectivity index (χ0n) is 10.2. The average Bonchev–Trinajstić information content (AvgIpc) is 3.03. The zero-order valence-corrected chi connectivity index (χ0v) is 10.2. The first-order chi connectivity index (χ1) is 9.13. The summed E-state index contributed by atoms with van der Waals surface area (Å²) >= 11 is 0. The van der Waals surface area contributed by atoms with Gasteiger partial charge in [0, 0.05) is 6.54 Å². The summed E-state index contributed by atoms with van der Waals surface area (Å²) in [4.78, 5) is 13.1. The molecule has 9 nitrogen and oxygen atoms in total. The van der Waals surface area contributed by atoms with E-state index in [2.05, 4.69) is 14.9 Å². The third-order valence-electron chi connectivity index (χ3n) is 2.96. The largest absolute Gasteiger partial charge is 0.472 e. The number of rotatable bonds is 5. The number of carbonyl (C=O) groups is 1. The van der Waals surface area contributed by atoms with Gasteiger partial charge in [0.15, 0.2) is 5.84 Å². The molecule has 1 fully saturated rings. The van der Waals surface area contributed by atoms with Crippen molar-refractivity contribution in [3.8, 4) is 5.88 Å². The number of amides is 1. The minimum atomic E-state index is -0.513. The molecule has 1 aromatic heterocycles. The summed E-state index contributed by atoms with van der Waals surface area (Å²) in [7, 11) is 0. The van der Waals surface area contributed by atoms with Gasteiger partial charge in [0.25, 0.3) is 5.88 Å². The second-order valence-electron chi connectivity index (χ2n) is 4.18. The minimum absolute atomic E-state index is 0.0378. The summed E-state index contributed by atoms with van der Waals surface area (Å²) in [6.07, 6.45) is 1.64. The Labute approximate surface area is 108 Å². The minimum Gasteiger partial charge on any atom is -0.472 e. The Morgan fingerprint density at radius 3 is 3.11 bits per heavy atom. The number of carbonyl (C=O) groups excluding carboxylic acids is 1. The van der Waals surface area contributed by atoms with Gasteiger partial charge in [-0.1, -0.05) is 0 Å². The highest BCUT2D eigenvalue weighted by Crippen LogP contribution is 2.19. The number of nitrogens with one attached hydrogen (secondary N) is 1. The van der Waals surface area contributed by atoms with E-state index in [1.165, 1.54) is 0 Å². The lowest BCUT2D eigenvalue weighted by atomic mass is 10.2. The molecular weight excluding hydrogens is 254 g/mol. The maximum absolute atomic E-state index is 11.5. The molecule has 1 saturated heterocycles. The number of likely N-dealkylation sites (tertiary alicyclic amines) is 1. The molecule has 9 heteroatoms. The Hall–Kier alpha value is -2.16. The SMILES string of the molecule is N=C(N)c1nonc1OC[C@H]1CCCN1C(=O)CO. The van der Waals surface area contributed by atoms with E-state index in [9.17, 15) is 4.79 Å². The van der Waals surface area contributed by atoms with Crippen LogP contribution in [0.15, 0.2) is 4.63 Å². The number of ether oxygens (including phenoxy) is 1. The van der Waals surface area contributed by atoms with Gasteiger partial charge >= 0.3 is 0 Å². The van der Waals surface area contributed by atoms with Crippen LogP contribution in [0, 0.1) is 5.41 Å². The first-order valence-electron chi connectivity index (χ1n) is 5.83. The summed E-state index contributed by atoms with van der Waals surface area (Å²) < 4.78 is 9.83. The van der Waals surface area contributed by atoms with Gasteiger partial charge in [-0.15, -0.1) is 0 Å². The number of nitrogens with zero attached hydrogens (tertiary/aromatic N) is 3. The highest BCUT2D eigenvalue weighted by Gasteiger charge is 2.29. The monoisotopic (exact) mass is 269 g/mol. The molecule has 0 radical (unpaired) electrons. The number of hydrogen-bond donors (Lipinski definition) is 3. The Bertz CT molecular complexity index is 474. The van der Waals surface area contributed by atoms with Crippen LogP contribution in [-0.4, -0.2) is 57.9 Å². The van der Waals surface area contributed by atoms with Crippen LogP contribution in [0.25, 0.3) is 0 Å². The van der Waals surface area contributed by atoms with E-state index in [0.717, 1.165) is 12.8 Å². The number of nitrogens with two attached hydrogens (primary N) is 1. The lowest BCUT2D eigenvalue weighted by Gasteiger charge is -2.23. The normalized spacial score (nSPS) is 18.6. The fourth-order valence-corrected chi connectivity index (χ4v) is 2.04. The van der Waals surface area contributed by atoms with Gasteiger partial charge in [-0.3, -0.25) is 10.2 Å². The summed E-state index contributed by atoms with van der Waals surface area (Å²) in [5, 5.41) is 23.1. The molecule has 0 spiro atoms. The van der Waals surface area contributed by atoms with E-state index in [-0.39, 0.29) is 36.0 Å². The number of aliphatic hydroxyl groups is 1. The first kappa shape index (κ1) is 13.3. The van der Waals surface area contributed by atoms with E-state index >= 15 is 0 Å². The number of amidine groups is 1. The topological polar surface area (TPSA) is 139 Å². The summed E-state index contributed by atoms with van der Waals surface area (Å²) in [6.45, 7) is 0.283. The molecule has 19 heavy (non-hydrogen) atoms. The molecule has 1 aromatic rings. The Morgan fingerprint density at radius 1 is 1.63 bits per heavy atom. The second kappa shape index (κ2) is 5.65. The van der Waals surface area contributed by atoms with Crippen LogP contribution in [0.4, 0.5) is 0 Å². The molecule has 2 rings (SSSR count). The van der Waals surface area contributed by atoms with Gasteiger partial charge < -0.3 is 20.5 Å².